The Hall–Kier alpha value is -2.19. The van der Waals surface area contributed by atoms with Crippen molar-refractivity contribution in [3.05, 3.63) is 69.6 Å². The number of halogens is 1. The Kier molecular flexibility index (Phi) is 6.77. The Morgan fingerprint density at radius 2 is 1.77 bits per heavy atom. The van der Waals surface area contributed by atoms with Gasteiger partial charge in [-0.3, -0.25) is 14.5 Å². The molecule has 2 aromatic rings. The van der Waals surface area contributed by atoms with Crippen molar-refractivity contribution in [2.75, 3.05) is 24.7 Å². The molecule has 0 aliphatic carbocycles. The van der Waals surface area contributed by atoms with E-state index in [2.05, 4.69) is 0 Å². The van der Waals surface area contributed by atoms with Gasteiger partial charge in [0.05, 0.1) is 22.7 Å². The van der Waals surface area contributed by atoms with Gasteiger partial charge in [-0.25, -0.2) is 0 Å². The molecule has 2 heterocycles. The van der Waals surface area contributed by atoms with Crippen LogP contribution >= 0.6 is 35.6 Å². The smallest absolute Gasteiger partial charge is 0.267 e. The summed E-state index contributed by atoms with van der Waals surface area (Å²) in [7, 11) is 0. The first-order chi connectivity index (χ1) is 15.0. The van der Waals surface area contributed by atoms with E-state index in [9.17, 15) is 9.59 Å². The zero-order chi connectivity index (χ0) is 22.0. The third-order valence-corrected chi connectivity index (χ3v) is 6.98. The summed E-state index contributed by atoms with van der Waals surface area (Å²) in [6.07, 6.45) is 0.687. The lowest BCUT2D eigenvalue weighted by atomic mass is 10.1. The number of amides is 2. The van der Waals surface area contributed by atoms with Crippen LogP contribution in [0.3, 0.4) is 0 Å². The fraction of sp³-hybridized carbons (Fsp3) is 0.261. The largest absolute Gasteiger partial charge is 0.382 e. The van der Waals surface area contributed by atoms with Gasteiger partial charge in [0, 0.05) is 30.3 Å². The molecule has 0 spiro atoms. The molecule has 2 aliphatic rings. The molecule has 8 heteroatoms. The number of carbonyl (C=O) groups is 2. The number of rotatable bonds is 7. The Labute approximate surface area is 196 Å². The van der Waals surface area contributed by atoms with E-state index in [1.54, 1.807) is 15.9 Å². The van der Waals surface area contributed by atoms with Gasteiger partial charge in [0.15, 0.2) is 0 Å². The molecule has 1 saturated heterocycles. The highest BCUT2D eigenvalue weighted by atomic mass is 35.5. The molecule has 2 amide bonds. The van der Waals surface area contributed by atoms with Gasteiger partial charge in [-0.15, -0.1) is 0 Å². The number of fused-ring (bicyclic) bond motifs is 1. The van der Waals surface area contributed by atoms with E-state index in [4.69, 9.17) is 28.6 Å². The second-order valence-electron chi connectivity index (χ2n) is 7.08. The molecule has 0 bridgehead atoms. The molecule has 2 aliphatic heterocycles. The van der Waals surface area contributed by atoms with Crippen LogP contribution < -0.4 is 4.90 Å². The van der Waals surface area contributed by atoms with Crippen LogP contribution in [0.5, 0.6) is 0 Å². The predicted molar refractivity (Wildman–Crippen MR) is 129 cm³/mol. The summed E-state index contributed by atoms with van der Waals surface area (Å²) in [5, 5.41) is 0.599. The molecule has 0 atom stereocenters. The molecule has 31 heavy (non-hydrogen) atoms. The average molecular weight is 473 g/mol. The van der Waals surface area contributed by atoms with Crippen molar-refractivity contribution >= 4 is 63.0 Å². The van der Waals surface area contributed by atoms with E-state index >= 15 is 0 Å². The molecule has 0 radical (unpaired) electrons. The van der Waals surface area contributed by atoms with Crippen LogP contribution in [0.2, 0.25) is 5.02 Å². The van der Waals surface area contributed by atoms with E-state index in [0.717, 1.165) is 16.8 Å². The van der Waals surface area contributed by atoms with Crippen molar-refractivity contribution in [2.24, 2.45) is 0 Å². The number of para-hydroxylation sites is 1. The van der Waals surface area contributed by atoms with Gasteiger partial charge in [0.25, 0.3) is 11.8 Å². The van der Waals surface area contributed by atoms with E-state index < -0.39 is 0 Å². The fourth-order valence-corrected chi connectivity index (χ4v) is 5.24. The molecule has 4 rings (SSSR count). The topological polar surface area (TPSA) is 49.9 Å². The summed E-state index contributed by atoms with van der Waals surface area (Å²) in [6, 6.07) is 15.0. The number of hydrogen-bond acceptors (Lipinski definition) is 5. The zero-order valence-electron chi connectivity index (χ0n) is 17.0. The van der Waals surface area contributed by atoms with Crippen LogP contribution in [0.25, 0.3) is 5.57 Å². The minimum absolute atomic E-state index is 0.212. The van der Waals surface area contributed by atoms with E-state index in [1.807, 2.05) is 49.4 Å². The van der Waals surface area contributed by atoms with Crippen LogP contribution in [-0.2, 0) is 20.9 Å². The number of carbonyl (C=O) groups excluding carboxylic acids is 2. The number of ether oxygens (including phenoxy) is 1. The van der Waals surface area contributed by atoms with Gasteiger partial charge in [-0.05, 0) is 31.0 Å². The minimum atomic E-state index is -0.218. The second-order valence-corrected chi connectivity index (χ2v) is 9.13. The summed E-state index contributed by atoms with van der Waals surface area (Å²) in [5.74, 6) is -0.430. The summed E-state index contributed by atoms with van der Waals surface area (Å²) in [6.45, 7) is 3.93. The summed E-state index contributed by atoms with van der Waals surface area (Å²) in [5.41, 5.74) is 2.77. The lowest BCUT2D eigenvalue weighted by Gasteiger charge is -2.18. The molecular weight excluding hydrogens is 452 g/mol. The van der Waals surface area contributed by atoms with Crippen LogP contribution in [0.1, 0.15) is 24.5 Å². The maximum absolute atomic E-state index is 13.5. The standard InChI is InChI=1S/C23H21ClN2O3S2/c1-2-29-13-7-12-25-22(28)20(31-23(25)30)19-16-9-4-6-11-18(16)26(21(19)27)14-15-8-3-5-10-17(15)24/h3-6,8-11H,2,7,12-14H2,1H3/b20-19-. The normalized spacial score (nSPS) is 18.3. The van der Waals surface area contributed by atoms with E-state index in [0.29, 0.717) is 52.5 Å². The lowest BCUT2D eigenvalue weighted by Crippen LogP contribution is -2.30. The molecule has 0 saturated carbocycles. The van der Waals surface area contributed by atoms with Gasteiger partial charge in [-0.1, -0.05) is 72.0 Å². The number of hydrogen-bond donors (Lipinski definition) is 0. The predicted octanol–water partition coefficient (Wildman–Crippen LogP) is 4.88. The first kappa shape index (κ1) is 22.0. The van der Waals surface area contributed by atoms with Gasteiger partial charge in [-0.2, -0.15) is 0 Å². The van der Waals surface area contributed by atoms with Crippen molar-refractivity contribution in [2.45, 2.75) is 19.9 Å². The minimum Gasteiger partial charge on any atom is -0.382 e. The summed E-state index contributed by atoms with van der Waals surface area (Å²) >= 11 is 13.0. The lowest BCUT2D eigenvalue weighted by molar-refractivity contribution is -0.122. The molecule has 0 unspecified atom stereocenters. The van der Waals surface area contributed by atoms with Gasteiger partial charge in [0.1, 0.15) is 4.32 Å². The van der Waals surface area contributed by atoms with Crippen molar-refractivity contribution in [1.29, 1.82) is 0 Å². The number of benzene rings is 2. The first-order valence-electron chi connectivity index (χ1n) is 10.0. The van der Waals surface area contributed by atoms with Crippen molar-refractivity contribution in [3.8, 4) is 0 Å². The first-order valence-corrected chi connectivity index (χ1v) is 11.6. The highest BCUT2D eigenvalue weighted by Crippen LogP contribution is 2.45. The molecule has 5 nitrogen and oxygen atoms in total. The Morgan fingerprint density at radius 3 is 2.55 bits per heavy atom. The highest BCUT2D eigenvalue weighted by Gasteiger charge is 2.41. The van der Waals surface area contributed by atoms with Crippen LogP contribution in [-0.4, -0.2) is 40.8 Å². The molecule has 2 aromatic carbocycles. The Morgan fingerprint density at radius 1 is 1.03 bits per heavy atom. The number of thiocarbonyl (C=S) groups is 1. The van der Waals surface area contributed by atoms with Gasteiger partial charge in [0.2, 0.25) is 0 Å². The van der Waals surface area contributed by atoms with Crippen LogP contribution in [0, 0.1) is 0 Å². The number of anilines is 1. The monoisotopic (exact) mass is 472 g/mol. The molecule has 0 N–H and O–H groups in total. The van der Waals surface area contributed by atoms with Crippen LogP contribution in [0.15, 0.2) is 53.4 Å². The number of nitrogens with zero attached hydrogens (tertiary/aromatic N) is 2. The molecule has 160 valence electrons. The quantitative estimate of drug-likeness (QED) is 0.326. The van der Waals surface area contributed by atoms with E-state index in [-0.39, 0.29) is 11.8 Å². The number of thioether (sulfide) groups is 1. The molecule has 1 fully saturated rings. The Balaban J connectivity index is 1.66. The van der Waals surface area contributed by atoms with Gasteiger partial charge < -0.3 is 9.64 Å². The molecular formula is C23H21ClN2O3S2. The third-order valence-electron chi connectivity index (χ3n) is 5.16. The molecule has 0 aromatic heterocycles. The average Bonchev–Trinajstić information content (AvgIpc) is 3.20. The maximum atomic E-state index is 13.5. The summed E-state index contributed by atoms with van der Waals surface area (Å²) < 4.78 is 5.83. The van der Waals surface area contributed by atoms with Crippen molar-refractivity contribution in [3.63, 3.8) is 0 Å². The third kappa shape index (κ3) is 4.28. The van der Waals surface area contributed by atoms with Crippen molar-refractivity contribution < 1.29 is 14.3 Å². The highest BCUT2D eigenvalue weighted by molar-refractivity contribution is 8.26. The van der Waals surface area contributed by atoms with E-state index in [1.165, 1.54) is 11.8 Å². The summed E-state index contributed by atoms with van der Waals surface area (Å²) in [4.78, 5) is 30.3. The second kappa shape index (κ2) is 9.53. The maximum Gasteiger partial charge on any atom is 0.267 e. The SMILES string of the molecule is CCOCCCN1C(=O)/C(=C2/C(=O)N(Cc3ccccc3Cl)c3ccccc32)SC1=S. The van der Waals surface area contributed by atoms with Crippen LogP contribution in [0.4, 0.5) is 5.69 Å². The van der Waals surface area contributed by atoms with Crippen molar-refractivity contribution in [1.82, 2.24) is 4.90 Å². The van der Waals surface area contributed by atoms with Gasteiger partial charge >= 0.3 is 0 Å². The zero-order valence-corrected chi connectivity index (χ0v) is 19.4. The fourth-order valence-electron chi connectivity index (χ4n) is 3.66. The Bertz CT molecular complexity index is 1090.